The summed E-state index contributed by atoms with van der Waals surface area (Å²) in [6.45, 7) is 0. The second-order valence-corrected chi connectivity index (χ2v) is 7.90. The number of alkyl halides is 3. The predicted octanol–water partition coefficient (Wildman–Crippen LogP) is 5.69. The molecular formula is C26H20F3N3O3. The normalized spacial score (nSPS) is 12.2. The molecule has 3 aromatic carbocycles. The summed E-state index contributed by atoms with van der Waals surface area (Å²) in [6.07, 6.45) is -2.95. The lowest BCUT2D eigenvalue weighted by Crippen LogP contribution is -2.36. The Morgan fingerprint density at radius 3 is 2.51 bits per heavy atom. The smallest absolute Gasteiger partial charge is 0.508 e. The highest BCUT2D eigenvalue weighted by atomic mass is 19.4. The van der Waals surface area contributed by atoms with E-state index in [1.54, 1.807) is 18.3 Å². The fourth-order valence-corrected chi connectivity index (χ4v) is 3.87. The van der Waals surface area contributed by atoms with Crippen LogP contribution in [0.15, 0.2) is 72.9 Å². The van der Waals surface area contributed by atoms with Gasteiger partial charge in [0.1, 0.15) is 11.5 Å². The molecule has 6 nitrogen and oxygen atoms in total. The number of amides is 1. The number of aromatic hydroxyl groups is 1. The molecule has 4 aromatic rings. The van der Waals surface area contributed by atoms with E-state index in [1.807, 2.05) is 30.3 Å². The van der Waals surface area contributed by atoms with Crippen LogP contribution in [0.4, 0.5) is 13.2 Å². The van der Waals surface area contributed by atoms with E-state index in [0.717, 1.165) is 22.5 Å². The number of nitrogens with zero attached hydrogens (tertiary/aromatic N) is 1. The highest BCUT2D eigenvalue weighted by molar-refractivity contribution is 5.98. The molecule has 0 saturated heterocycles. The SMILES string of the molecule is N#CCC(Cc1c[nH]c2ccccc12)NC(=O)c1cc(-c2ccc(O)cc2)ccc1OC(F)(F)F. The average Bonchev–Trinajstić information content (AvgIpc) is 3.22. The van der Waals surface area contributed by atoms with Crippen molar-refractivity contribution >= 4 is 16.8 Å². The summed E-state index contributed by atoms with van der Waals surface area (Å²) in [6, 6.07) is 18.7. The minimum Gasteiger partial charge on any atom is -0.508 e. The van der Waals surface area contributed by atoms with E-state index in [2.05, 4.69) is 15.0 Å². The average molecular weight is 479 g/mol. The van der Waals surface area contributed by atoms with Gasteiger partial charge in [-0.2, -0.15) is 5.26 Å². The molecule has 0 spiro atoms. The van der Waals surface area contributed by atoms with Gasteiger partial charge in [-0.1, -0.05) is 36.4 Å². The van der Waals surface area contributed by atoms with Crippen LogP contribution in [-0.2, 0) is 6.42 Å². The molecule has 1 unspecified atom stereocenters. The number of aromatic amines is 1. The third-order valence-corrected chi connectivity index (χ3v) is 5.46. The number of halogens is 3. The molecule has 9 heteroatoms. The van der Waals surface area contributed by atoms with Crippen LogP contribution < -0.4 is 10.1 Å². The van der Waals surface area contributed by atoms with Gasteiger partial charge in [0.25, 0.3) is 5.91 Å². The summed E-state index contributed by atoms with van der Waals surface area (Å²) in [4.78, 5) is 16.3. The monoisotopic (exact) mass is 479 g/mol. The first-order valence-electron chi connectivity index (χ1n) is 10.7. The van der Waals surface area contributed by atoms with Crippen molar-refractivity contribution in [1.29, 1.82) is 5.26 Å². The molecule has 0 bridgehead atoms. The van der Waals surface area contributed by atoms with Crippen LogP contribution in [0, 0.1) is 11.3 Å². The molecule has 1 atom stereocenters. The van der Waals surface area contributed by atoms with Crippen LogP contribution in [0.5, 0.6) is 11.5 Å². The number of hydrogen-bond acceptors (Lipinski definition) is 4. The van der Waals surface area contributed by atoms with Crippen LogP contribution in [0.3, 0.4) is 0 Å². The Balaban J connectivity index is 1.64. The number of nitrogens with one attached hydrogen (secondary N) is 2. The first-order chi connectivity index (χ1) is 16.7. The topological polar surface area (TPSA) is 98.1 Å². The number of ether oxygens (including phenoxy) is 1. The van der Waals surface area contributed by atoms with Crippen molar-refractivity contribution in [2.24, 2.45) is 0 Å². The molecule has 3 N–H and O–H groups in total. The Bertz CT molecular complexity index is 1390. The Morgan fingerprint density at radius 2 is 1.80 bits per heavy atom. The standard InChI is InChI=1S/C26H20F3N3O3/c27-26(28,29)35-24-10-7-17(16-5-8-20(33)9-6-16)14-22(24)25(34)32-19(11-12-30)13-18-15-31-23-4-2-1-3-21(18)23/h1-10,14-15,19,31,33H,11,13H2,(H,32,34). The molecule has 1 heterocycles. The molecule has 0 aliphatic heterocycles. The van der Waals surface area contributed by atoms with Gasteiger partial charge in [0, 0.05) is 23.1 Å². The van der Waals surface area contributed by atoms with Gasteiger partial charge in [-0.3, -0.25) is 4.79 Å². The minimum atomic E-state index is -4.99. The van der Waals surface area contributed by atoms with Crippen molar-refractivity contribution in [3.8, 4) is 28.7 Å². The number of aromatic nitrogens is 1. The third-order valence-electron chi connectivity index (χ3n) is 5.46. The van der Waals surface area contributed by atoms with Crippen LogP contribution in [0.25, 0.3) is 22.0 Å². The third kappa shape index (κ3) is 5.73. The van der Waals surface area contributed by atoms with Gasteiger partial charge in [0.15, 0.2) is 0 Å². The number of hydrogen-bond donors (Lipinski definition) is 3. The summed E-state index contributed by atoms with van der Waals surface area (Å²) in [5, 5.41) is 22.4. The maximum absolute atomic E-state index is 13.2. The number of carbonyl (C=O) groups excluding carboxylic acids is 1. The van der Waals surface area contributed by atoms with Gasteiger partial charge in [-0.05, 0) is 53.4 Å². The quantitative estimate of drug-likeness (QED) is 0.317. The van der Waals surface area contributed by atoms with E-state index in [0.29, 0.717) is 17.5 Å². The van der Waals surface area contributed by atoms with Crippen molar-refractivity contribution in [3.05, 3.63) is 84.1 Å². The number of benzene rings is 3. The van der Waals surface area contributed by atoms with Crippen molar-refractivity contribution in [3.63, 3.8) is 0 Å². The molecule has 0 fully saturated rings. The van der Waals surface area contributed by atoms with E-state index < -0.39 is 24.1 Å². The zero-order valence-electron chi connectivity index (χ0n) is 18.3. The summed E-state index contributed by atoms with van der Waals surface area (Å²) in [5.74, 6) is -1.43. The first kappa shape index (κ1) is 23.7. The Kier molecular flexibility index (Phi) is 6.64. The van der Waals surface area contributed by atoms with E-state index in [-0.39, 0.29) is 17.7 Å². The number of phenols is 1. The number of fused-ring (bicyclic) bond motifs is 1. The lowest BCUT2D eigenvalue weighted by atomic mass is 10.00. The number of nitriles is 1. The molecular weight excluding hydrogens is 459 g/mol. The summed E-state index contributed by atoms with van der Waals surface area (Å²) in [7, 11) is 0. The molecule has 0 aliphatic carbocycles. The first-order valence-corrected chi connectivity index (χ1v) is 10.7. The van der Waals surface area contributed by atoms with Crippen molar-refractivity contribution in [1.82, 2.24) is 10.3 Å². The lowest BCUT2D eigenvalue weighted by molar-refractivity contribution is -0.274. The second-order valence-electron chi connectivity index (χ2n) is 7.90. The van der Waals surface area contributed by atoms with E-state index in [1.165, 1.54) is 24.3 Å². The van der Waals surface area contributed by atoms with Crippen LogP contribution >= 0.6 is 0 Å². The highest BCUT2D eigenvalue weighted by Crippen LogP contribution is 2.31. The molecule has 0 radical (unpaired) electrons. The maximum atomic E-state index is 13.2. The highest BCUT2D eigenvalue weighted by Gasteiger charge is 2.33. The van der Waals surface area contributed by atoms with Crippen molar-refractivity contribution < 1.29 is 27.8 Å². The van der Waals surface area contributed by atoms with Crippen LogP contribution in [0.1, 0.15) is 22.3 Å². The summed E-state index contributed by atoms with van der Waals surface area (Å²) >= 11 is 0. The Morgan fingerprint density at radius 1 is 1.09 bits per heavy atom. The molecule has 0 saturated carbocycles. The van der Waals surface area contributed by atoms with Crippen molar-refractivity contribution in [2.45, 2.75) is 25.2 Å². The largest absolute Gasteiger partial charge is 0.573 e. The Labute approximate surface area is 198 Å². The molecule has 4 rings (SSSR count). The van der Waals surface area contributed by atoms with Crippen LogP contribution in [-0.4, -0.2) is 28.4 Å². The molecule has 35 heavy (non-hydrogen) atoms. The number of carbonyl (C=O) groups is 1. The lowest BCUT2D eigenvalue weighted by Gasteiger charge is -2.19. The maximum Gasteiger partial charge on any atom is 0.573 e. The summed E-state index contributed by atoms with van der Waals surface area (Å²) in [5.41, 5.74) is 2.48. The van der Waals surface area contributed by atoms with Gasteiger partial charge in [0.05, 0.1) is 18.1 Å². The molecule has 178 valence electrons. The second kappa shape index (κ2) is 9.81. The number of para-hydroxylation sites is 1. The predicted molar refractivity (Wildman–Crippen MR) is 124 cm³/mol. The Hall–Kier alpha value is -4.45. The number of phenolic OH excluding ortho intramolecular Hbond substituents is 1. The van der Waals surface area contributed by atoms with Gasteiger partial charge >= 0.3 is 6.36 Å². The molecule has 1 amide bonds. The molecule has 1 aromatic heterocycles. The number of H-pyrrole nitrogens is 1. The fraction of sp³-hybridized carbons (Fsp3) is 0.154. The van der Waals surface area contributed by atoms with Gasteiger partial charge < -0.3 is 20.1 Å². The van der Waals surface area contributed by atoms with E-state index >= 15 is 0 Å². The van der Waals surface area contributed by atoms with Gasteiger partial charge in [-0.15, -0.1) is 13.2 Å². The van der Waals surface area contributed by atoms with E-state index in [9.17, 15) is 28.3 Å². The van der Waals surface area contributed by atoms with Crippen molar-refractivity contribution in [2.75, 3.05) is 0 Å². The zero-order valence-corrected chi connectivity index (χ0v) is 18.3. The van der Waals surface area contributed by atoms with Crippen LogP contribution in [0.2, 0.25) is 0 Å². The number of rotatable bonds is 7. The minimum absolute atomic E-state index is 0.0281. The molecule has 0 aliphatic rings. The van der Waals surface area contributed by atoms with Gasteiger partial charge in [-0.25, -0.2) is 0 Å². The zero-order chi connectivity index (χ0) is 25.0. The van der Waals surface area contributed by atoms with Gasteiger partial charge in [0.2, 0.25) is 0 Å². The summed E-state index contributed by atoms with van der Waals surface area (Å²) < 4.78 is 43.1. The fourth-order valence-electron chi connectivity index (χ4n) is 3.87. The van der Waals surface area contributed by atoms with E-state index in [4.69, 9.17) is 0 Å².